The molecule has 4 heteroatoms. The molecular formula is C16H28O4. The molecule has 4 nitrogen and oxygen atoms in total. The number of epoxide rings is 1. The molecule has 3 fully saturated rings. The van der Waals surface area contributed by atoms with Crippen molar-refractivity contribution in [2.24, 2.45) is 11.8 Å². The number of carbonyl (C=O) groups excluding carboxylic acids is 1. The zero-order chi connectivity index (χ0) is 14.5. The van der Waals surface area contributed by atoms with E-state index in [1.807, 2.05) is 13.8 Å². The van der Waals surface area contributed by atoms with E-state index in [0.29, 0.717) is 30.8 Å². The van der Waals surface area contributed by atoms with Crippen molar-refractivity contribution in [3.8, 4) is 0 Å². The topological polar surface area (TPSA) is 48.1 Å². The van der Waals surface area contributed by atoms with Gasteiger partial charge in [-0.2, -0.15) is 0 Å². The predicted octanol–water partition coefficient (Wildman–Crippen LogP) is 2.94. The highest BCUT2D eigenvalue weighted by atomic mass is 16.6. The van der Waals surface area contributed by atoms with E-state index in [1.165, 1.54) is 0 Å². The molecule has 2 saturated heterocycles. The minimum Gasteiger partial charge on any atom is -0.465 e. The van der Waals surface area contributed by atoms with Crippen LogP contribution in [0.15, 0.2) is 0 Å². The van der Waals surface area contributed by atoms with E-state index in [-0.39, 0.29) is 11.9 Å². The third-order valence-corrected chi connectivity index (χ3v) is 4.39. The zero-order valence-corrected chi connectivity index (χ0v) is 13.0. The zero-order valence-electron chi connectivity index (χ0n) is 13.0. The first-order valence-electron chi connectivity index (χ1n) is 8.16. The Morgan fingerprint density at radius 1 is 1.15 bits per heavy atom. The van der Waals surface area contributed by atoms with Gasteiger partial charge in [-0.3, -0.25) is 4.79 Å². The smallest absolute Gasteiger partial charge is 0.309 e. The maximum Gasteiger partial charge on any atom is 0.309 e. The van der Waals surface area contributed by atoms with Crippen molar-refractivity contribution in [3.05, 3.63) is 0 Å². The molecule has 5 unspecified atom stereocenters. The molecule has 1 saturated carbocycles. The standard InChI is InChI=1S/C14H22O4.C2H6/c1-9-6-10(4-5-16-9)8-17-14(15)11-2-3-12-13(7-11)18-12;1-2/h9-13H,2-8H2,1H3;1-2H3. The van der Waals surface area contributed by atoms with E-state index in [2.05, 4.69) is 6.92 Å². The fraction of sp³-hybridized carbons (Fsp3) is 0.938. The second-order valence-electron chi connectivity index (χ2n) is 5.92. The largest absolute Gasteiger partial charge is 0.465 e. The van der Waals surface area contributed by atoms with Crippen LogP contribution in [0.3, 0.4) is 0 Å². The van der Waals surface area contributed by atoms with Crippen LogP contribution in [0.4, 0.5) is 0 Å². The van der Waals surface area contributed by atoms with Crippen LogP contribution in [0.25, 0.3) is 0 Å². The molecule has 2 aliphatic heterocycles. The molecule has 1 aliphatic carbocycles. The fourth-order valence-corrected chi connectivity index (χ4v) is 3.18. The molecule has 0 aromatic carbocycles. The molecule has 0 aromatic heterocycles. The van der Waals surface area contributed by atoms with Crippen molar-refractivity contribution in [3.63, 3.8) is 0 Å². The SMILES string of the molecule is CC.CC1CC(COC(=O)C2CCC3OC3C2)CCO1. The molecule has 0 bridgehead atoms. The molecule has 116 valence electrons. The van der Waals surface area contributed by atoms with Gasteiger partial charge in [-0.05, 0) is 44.9 Å². The van der Waals surface area contributed by atoms with E-state index in [1.54, 1.807) is 0 Å². The first-order chi connectivity index (χ1) is 9.72. The van der Waals surface area contributed by atoms with Gasteiger partial charge in [0.15, 0.2) is 0 Å². The van der Waals surface area contributed by atoms with E-state index < -0.39 is 0 Å². The molecule has 0 spiro atoms. The lowest BCUT2D eigenvalue weighted by molar-refractivity contribution is -0.152. The van der Waals surface area contributed by atoms with Gasteiger partial charge < -0.3 is 14.2 Å². The summed E-state index contributed by atoms with van der Waals surface area (Å²) in [6.07, 6.45) is 5.95. The Morgan fingerprint density at radius 3 is 2.65 bits per heavy atom. The van der Waals surface area contributed by atoms with Gasteiger partial charge in [0.05, 0.1) is 30.8 Å². The summed E-state index contributed by atoms with van der Waals surface area (Å²) in [7, 11) is 0. The minimum absolute atomic E-state index is 0.0110. The summed E-state index contributed by atoms with van der Waals surface area (Å²) in [5, 5.41) is 0. The van der Waals surface area contributed by atoms with Crippen molar-refractivity contribution in [1.82, 2.24) is 0 Å². The van der Waals surface area contributed by atoms with E-state index in [0.717, 1.165) is 38.7 Å². The Bertz CT molecular complexity index is 318. The van der Waals surface area contributed by atoms with Crippen LogP contribution in [0.2, 0.25) is 0 Å². The van der Waals surface area contributed by atoms with E-state index >= 15 is 0 Å². The second-order valence-corrected chi connectivity index (χ2v) is 5.92. The summed E-state index contributed by atoms with van der Waals surface area (Å²) in [4.78, 5) is 12.0. The minimum atomic E-state index is -0.0110. The molecule has 5 atom stereocenters. The van der Waals surface area contributed by atoms with Crippen LogP contribution in [0.1, 0.15) is 52.9 Å². The maximum absolute atomic E-state index is 12.0. The van der Waals surface area contributed by atoms with Crippen LogP contribution < -0.4 is 0 Å². The van der Waals surface area contributed by atoms with Crippen LogP contribution in [-0.2, 0) is 19.0 Å². The van der Waals surface area contributed by atoms with Gasteiger partial charge in [0.25, 0.3) is 0 Å². The lowest BCUT2D eigenvalue weighted by Crippen LogP contribution is -2.29. The summed E-state index contributed by atoms with van der Waals surface area (Å²) in [6.45, 7) is 7.45. The third kappa shape index (κ3) is 4.19. The van der Waals surface area contributed by atoms with E-state index in [4.69, 9.17) is 14.2 Å². The van der Waals surface area contributed by atoms with Gasteiger partial charge in [-0.15, -0.1) is 0 Å². The molecule has 3 rings (SSSR count). The van der Waals surface area contributed by atoms with Gasteiger partial charge in [-0.1, -0.05) is 13.8 Å². The molecular weight excluding hydrogens is 256 g/mol. The average Bonchev–Trinajstić information content (AvgIpc) is 3.25. The molecule has 0 aromatic rings. The van der Waals surface area contributed by atoms with Crippen molar-refractivity contribution in [2.75, 3.05) is 13.2 Å². The summed E-state index contributed by atoms with van der Waals surface area (Å²) in [5.74, 6) is 0.542. The lowest BCUT2D eigenvalue weighted by Gasteiger charge is -2.27. The number of hydrogen-bond acceptors (Lipinski definition) is 4. The summed E-state index contributed by atoms with van der Waals surface area (Å²) < 4.78 is 16.4. The third-order valence-electron chi connectivity index (χ3n) is 4.39. The van der Waals surface area contributed by atoms with Crippen molar-refractivity contribution in [1.29, 1.82) is 0 Å². The number of esters is 1. The second kappa shape index (κ2) is 7.41. The summed E-state index contributed by atoms with van der Waals surface area (Å²) >= 11 is 0. The maximum atomic E-state index is 12.0. The fourth-order valence-electron chi connectivity index (χ4n) is 3.18. The highest BCUT2D eigenvalue weighted by Gasteiger charge is 2.46. The quantitative estimate of drug-likeness (QED) is 0.590. The summed E-state index contributed by atoms with van der Waals surface area (Å²) in [5.41, 5.74) is 0. The van der Waals surface area contributed by atoms with Gasteiger partial charge in [0.2, 0.25) is 0 Å². The van der Waals surface area contributed by atoms with Gasteiger partial charge in [0, 0.05) is 6.61 Å². The first-order valence-corrected chi connectivity index (χ1v) is 8.16. The Labute approximate surface area is 122 Å². The number of ether oxygens (including phenoxy) is 3. The van der Waals surface area contributed by atoms with E-state index in [9.17, 15) is 4.79 Å². The highest BCUT2D eigenvalue weighted by molar-refractivity contribution is 5.72. The van der Waals surface area contributed by atoms with Crippen molar-refractivity contribution >= 4 is 5.97 Å². The molecule has 0 N–H and O–H groups in total. The Morgan fingerprint density at radius 2 is 1.95 bits per heavy atom. The Balaban J connectivity index is 0.000000704. The van der Waals surface area contributed by atoms with Crippen molar-refractivity contribution < 1.29 is 19.0 Å². The lowest BCUT2D eigenvalue weighted by atomic mass is 9.89. The predicted molar refractivity (Wildman–Crippen MR) is 76.4 cm³/mol. The van der Waals surface area contributed by atoms with Crippen LogP contribution in [0.5, 0.6) is 0 Å². The van der Waals surface area contributed by atoms with Gasteiger partial charge in [-0.25, -0.2) is 0 Å². The Hall–Kier alpha value is -0.610. The number of hydrogen-bond donors (Lipinski definition) is 0. The first kappa shape index (κ1) is 15.8. The Kier molecular flexibility index (Phi) is 5.85. The van der Waals surface area contributed by atoms with Crippen LogP contribution >= 0.6 is 0 Å². The van der Waals surface area contributed by atoms with Gasteiger partial charge in [0.1, 0.15) is 0 Å². The highest BCUT2D eigenvalue weighted by Crippen LogP contribution is 2.39. The molecule has 0 radical (unpaired) electrons. The summed E-state index contributed by atoms with van der Waals surface area (Å²) in [6, 6.07) is 0. The number of rotatable bonds is 3. The van der Waals surface area contributed by atoms with Crippen LogP contribution in [-0.4, -0.2) is 37.5 Å². The monoisotopic (exact) mass is 284 g/mol. The molecule has 20 heavy (non-hydrogen) atoms. The normalized spacial score (nSPS) is 39.0. The number of carbonyl (C=O) groups is 1. The average molecular weight is 284 g/mol. The van der Waals surface area contributed by atoms with Crippen molar-refractivity contribution in [2.45, 2.75) is 71.2 Å². The molecule has 2 heterocycles. The van der Waals surface area contributed by atoms with Crippen LogP contribution in [0, 0.1) is 11.8 Å². The number of fused-ring (bicyclic) bond motifs is 1. The van der Waals surface area contributed by atoms with Gasteiger partial charge >= 0.3 is 5.97 Å². The molecule has 3 aliphatic rings. The molecule has 0 amide bonds.